The Balaban J connectivity index is -0.0000000457. The normalized spacial score (nSPS) is 9.67. The summed E-state index contributed by atoms with van der Waals surface area (Å²) >= 11 is 0. The molecule has 0 saturated heterocycles. The minimum Gasteiger partial charge on any atom is -0.264 e. The van der Waals surface area contributed by atoms with Gasteiger partial charge in [-0.1, -0.05) is 0 Å². The minimum absolute atomic E-state index is 0. The largest absolute Gasteiger partial charge is 0.394 e. The van der Waals surface area contributed by atoms with Crippen molar-refractivity contribution in [2.45, 2.75) is 0 Å². The molecule has 0 spiro atoms. The van der Waals surface area contributed by atoms with Crippen molar-refractivity contribution in [2.75, 3.05) is 0 Å². The van der Waals surface area contributed by atoms with Crippen LogP contribution in [-0.4, -0.2) is 35.0 Å². The summed E-state index contributed by atoms with van der Waals surface area (Å²) in [6, 6.07) is 0. The van der Waals surface area contributed by atoms with Gasteiger partial charge in [-0.2, -0.15) is 16.8 Å². The molecular formula is H4MnNiO8S2. The molecule has 0 aliphatic heterocycles. The zero-order chi connectivity index (χ0) is 9.00. The third-order valence-corrected chi connectivity index (χ3v) is 0. The maximum Gasteiger partial charge on any atom is 0.394 e. The third-order valence-electron chi connectivity index (χ3n) is 0. The van der Waals surface area contributed by atoms with Gasteiger partial charge in [0.2, 0.25) is 0 Å². The maximum absolute atomic E-state index is 8.74. The molecule has 4 N–H and O–H groups in total. The molecule has 0 aliphatic carbocycles. The molecule has 0 amide bonds. The molecule has 0 heterocycles. The summed E-state index contributed by atoms with van der Waals surface area (Å²) in [6.07, 6.45) is 0. The van der Waals surface area contributed by atoms with E-state index in [2.05, 4.69) is 0 Å². The van der Waals surface area contributed by atoms with E-state index in [0.717, 1.165) is 0 Å². The minimum atomic E-state index is -4.67. The van der Waals surface area contributed by atoms with E-state index >= 15 is 0 Å². The van der Waals surface area contributed by atoms with Crippen LogP contribution < -0.4 is 0 Å². The van der Waals surface area contributed by atoms with Crippen molar-refractivity contribution in [1.29, 1.82) is 0 Å². The van der Waals surface area contributed by atoms with Gasteiger partial charge < -0.3 is 0 Å². The second-order valence-corrected chi connectivity index (χ2v) is 2.69. The predicted molar refractivity (Wildman–Crippen MR) is 28.4 cm³/mol. The van der Waals surface area contributed by atoms with Gasteiger partial charge in [-0.05, 0) is 0 Å². The smallest absolute Gasteiger partial charge is 0.264 e. The Kier molecular flexibility index (Phi) is 16.0. The monoisotopic (exact) mass is 309 g/mol. The van der Waals surface area contributed by atoms with Crippen molar-refractivity contribution in [3.8, 4) is 0 Å². The Morgan fingerprint density at radius 1 is 0.667 bits per heavy atom. The number of rotatable bonds is 0. The second-order valence-electron chi connectivity index (χ2n) is 0.896. The molecule has 0 unspecified atom stereocenters. The molecule has 12 heavy (non-hydrogen) atoms. The quantitative estimate of drug-likeness (QED) is 0.318. The first-order valence-electron chi connectivity index (χ1n) is 1.40. The Morgan fingerprint density at radius 3 is 0.667 bits per heavy atom. The first-order chi connectivity index (χ1) is 4.00. The topological polar surface area (TPSA) is 149 Å². The Labute approximate surface area is 89.3 Å². The number of hydrogen-bond acceptors (Lipinski definition) is 4. The van der Waals surface area contributed by atoms with Crippen molar-refractivity contribution in [3.05, 3.63) is 0 Å². The van der Waals surface area contributed by atoms with Crippen LogP contribution in [0.25, 0.3) is 0 Å². The zero-order valence-electron chi connectivity index (χ0n) is 4.93. The first-order valence-corrected chi connectivity index (χ1v) is 4.19. The Morgan fingerprint density at radius 2 is 0.667 bits per heavy atom. The van der Waals surface area contributed by atoms with E-state index < -0.39 is 20.8 Å². The summed E-state index contributed by atoms with van der Waals surface area (Å²) in [7, 11) is -9.33. The fourth-order valence-electron chi connectivity index (χ4n) is 0. The van der Waals surface area contributed by atoms with Crippen LogP contribution in [0.15, 0.2) is 0 Å². The fraction of sp³-hybridized carbons (Fsp3) is 0. The van der Waals surface area contributed by atoms with E-state index in [9.17, 15) is 0 Å². The third kappa shape index (κ3) is 1800. The van der Waals surface area contributed by atoms with Crippen LogP contribution in [0.3, 0.4) is 0 Å². The van der Waals surface area contributed by atoms with Crippen LogP contribution in [0, 0.1) is 0 Å². The molecule has 0 saturated carbocycles. The van der Waals surface area contributed by atoms with E-state index in [1.54, 1.807) is 0 Å². The summed E-state index contributed by atoms with van der Waals surface area (Å²) in [6.45, 7) is 0. The van der Waals surface area contributed by atoms with E-state index in [4.69, 9.17) is 35.0 Å². The molecule has 0 rings (SSSR count). The van der Waals surface area contributed by atoms with Gasteiger partial charge in [0.1, 0.15) is 0 Å². The molecule has 0 atom stereocenters. The molecule has 0 aromatic heterocycles. The van der Waals surface area contributed by atoms with Gasteiger partial charge in [-0.3, -0.25) is 18.2 Å². The number of hydrogen-bond donors (Lipinski definition) is 4. The van der Waals surface area contributed by atoms with Gasteiger partial charge in [-0.25, -0.2) is 0 Å². The van der Waals surface area contributed by atoms with Gasteiger partial charge in [0.25, 0.3) is 0 Å². The van der Waals surface area contributed by atoms with Gasteiger partial charge in [0.05, 0.1) is 0 Å². The van der Waals surface area contributed by atoms with Gasteiger partial charge in [0, 0.05) is 33.6 Å². The van der Waals surface area contributed by atoms with Gasteiger partial charge in [-0.15, -0.1) is 0 Å². The summed E-state index contributed by atoms with van der Waals surface area (Å²) < 4.78 is 63.2. The molecule has 1 radical (unpaired) electrons. The predicted octanol–water partition coefficient (Wildman–Crippen LogP) is -1.31. The van der Waals surface area contributed by atoms with Crippen molar-refractivity contribution in [3.63, 3.8) is 0 Å². The molecule has 8 nitrogen and oxygen atoms in total. The van der Waals surface area contributed by atoms with Crippen molar-refractivity contribution < 1.29 is 68.6 Å². The van der Waals surface area contributed by atoms with Crippen LogP contribution in [0.4, 0.5) is 0 Å². The molecule has 81 valence electrons. The standard InChI is InChI=1S/Mn.Ni.2H2O4S/c;;2*1-5(2,3)4/h;;2*(H2,1,2,3,4). The molecule has 0 aliphatic rings. The average molecular weight is 310 g/mol. The van der Waals surface area contributed by atoms with Gasteiger partial charge in [0.15, 0.2) is 0 Å². The average Bonchev–Trinajstić information content (AvgIpc) is 1.12. The summed E-state index contributed by atoms with van der Waals surface area (Å²) in [5.41, 5.74) is 0. The van der Waals surface area contributed by atoms with Crippen LogP contribution >= 0.6 is 0 Å². The van der Waals surface area contributed by atoms with E-state index in [1.807, 2.05) is 0 Å². The molecular weight excluding hydrogens is 306 g/mol. The van der Waals surface area contributed by atoms with Gasteiger partial charge >= 0.3 is 20.8 Å². The Hall–Kier alpha value is 0.753. The fourth-order valence-corrected chi connectivity index (χ4v) is 0. The van der Waals surface area contributed by atoms with Crippen molar-refractivity contribution in [1.82, 2.24) is 0 Å². The molecule has 0 aromatic carbocycles. The molecule has 0 fully saturated rings. The summed E-state index contributed by atoms with van der Waals surface area (Å²) in [5, 5.41) is 0. The maximum atomic E-state index is 8.74. The Bertz CT molecular complexity index is 213. The van der Waals surface area contributed by atoms with E-state index in [1.165, 1.54) is 0 Å². The van der Waals surface area contributed by atoms with Crippen LogP contribution in [0.5, 0.6) is 0 Å². The zero-order valence-corrected chi connectivity index (χ0v) is 8.73. The van der Waals surface area contributed by atoms with E-state index in [0.29, 0.717) is 0 Å². The first kappa shape index (κ1) is 23.0. The van der Waals surface area contributed by atoms with Crippen LogP contribution in [0.1, 0.15) is 0 Å². The molecule has 0 aromatic rings. The van der Waals surface area contributed by atoms with Crippen molar-refractivity contribution >= 4 is 20.8 Å². The van der Waals surface area contributed by atoms with Crippen molar-refractivity contribution in [2.24, 2.45) is 0 Å². The second kappa shape index (κ2) is 8.36. The van der Waals surface area contributed by atoms with Crippen LogP contribution in [0.2, 0.25) is 0 Å². The molecule has 0 bridgehead atoms. The SMILES string of the molecule is O=S(=O)(O)O.O=S(=O)(O)O.[Mn].[Ni]. The summed E-state index contributed by atoms with van der Waals surface area (Å²) in [4.78, 5) is 0. The summed E-state index contributed by atoms with van der Waals surface area (Å²) in [5.74, 6) is 0. The molecule has 12 heteroatoms. The van der Waals surface area contributed by atoms with Crippen LogP contribution in [-0.2, 0) is 54.4 Å². The van der Waals surface area contributed by atoms with E-state index in [-0.39, 0.29) is 33.6 Å².